The average Bonchev–Trinajstić information content (AvgIpc) is 2.62. The number of hydrogen-bond acceptors (Lipinski definition) is 4. The van der Waals surface area contributed by atoms with Gasteiger partial charge in [-0.15, -0.1) is 11.8 Å². The third-order valence-corrected chi connectivity index (χ3v) is 4.35. The Kier molecular flexibility index (Phi) is 9.85. The molecule has 0 bridgehead atoms. The minimum Gasteiger partial charge on any atom is -0.466 e. The molecule has 0 unspecified atom stereocenters. The van der Waals surface area contributed by atoms with Crippen LogP contribution in [-0.4, -0.2) is 23.4 Å². The molecule has 2 aromatic rings. The molecule has 0 aromatic heterocycles. The molecule has 0 aliphatic rings. The molecule has 1 N–H and O–H groups in total. The maximum Gasteiger partial charge on any atom is 0.306 e. The van der Waals surface area contributed by atoms with E-state index in [4.69, 9.17) is 10.1 Å². The van der Waals surface area contributed by atoms with Crippen LogP contribution in [0.4, 0.5) is 0 Å². The highest BCUT2D eigenvalue weighted by Gasteiger charge is 2.06. The molecule has 4 heteroatoms. The highest BCUT2D eigenvalue weighted by Crippen LogP contribution is 2.21. The maximum atomic E-state index is 11.2. The number of fused-ring (bicyclic) bond motifs is 1. The smallest absolute Gasteiger partial charge is 0.306 e. The molecule has 0 aliphatic carbocycles. The number of carbonyl (C=O) groups excluding carboxylic acids is 1. The fraction of sp³-hybridized carbons (Fsp3) is 0.400. The van der Waals surface area contributed by atoms with E-state index < -0.39 is 0 Å². The van der Waals surface area contributed by atoms with Crippen LogP contribution in [0.3, 0.4) is 0 Å². The molecule has 0 spiro atoms. The molecular weight excluding hydrogens is 318 g/mol. The fourth-order valence-corrected chi connectivity index (χ4v) is 3.08. The van der Waals surface area contributed by atoms with Crippen molar-refractivity contribution < 1.29 is 9.53 Å². The Morgan fingerprint density at radius 3 is 2.54 bits per heavy atom. The van der Waals surface area contributed by atoms with Crippen molar-refractivity contribution in [3.63, 3.8) is 0 Å². The quantitative estimate of drug-likeness (QED) is 0.412. The lowest BCUT2D eigenvalue weighted by atomic mass is 10.0. The third-order valence-electron chi connectivity index (χ3n) is 3.39. The first-order chi connectivity index (χ1) is 11.7. The Balaban J connectivity index is 0.00000139. The third kappa shape index (κ3) is 6.75. The average molecular weight is 346 g/mol. The zero-order valence-electron chi connectivity index (χ0n) is 14.8. The molecule has 3 nitrogen and oxygen atoms in total. The van der Waals surface area contributed by atoms with Crippen LogP contribution in [0.15, 0.2) is 42.5 Å². The second kappa shape index (κ2) is 11.7. The molecule has 0 saturated heterocycles. The second-order valence-electron chi connectivity index (χ2n) is 4.96. The minimum absolute atomic E-state index is 0.183. The molecule has 0 radical (unpaired) electrons. The van der Waals surface area contributed by atoms with Crippen LogP contribution in [0.2, 0.25) is 0 Å². The van der Waals surface area contributed by atoms with Crippen molar-refractivity contribution in [2.45, 2.75) is 40.0 Å². The van der Waals surface area contributed by atoms with Gasteiger partial charge in [0.25, 0.3) is 0 Å². The molecule has 130 valence electrons. The summed E-state index contributed by atoms with van der Waals surface area (Å²) in [5.41, 5.74) is 1.27. The number of ether oxygens (including phenoxy) is 1. The Bertz CT molecular complexity index is 650. The van der Waals surface area contributed by atoms with Gasteiger partial charge in [0, 0.05) is 5.75 Å². The predicted molar refractivity (Wildman–Crippen MR) is 105 cm³/mol. The SMILES string of the molecule is CC.CCOC(=O)CCSC(=N)CCc1cccc2ccccc12. The van der Waals surface area contributed by atoms with Gasteiger partial charge in [0.2, 0.25) is 0 Å². The summed E-state index contributed by atoms with van der Waals surface area (Å²) in [7, 11) is 0. The van der Waals surface area contributed by atoms with Crippen molar-refractivity contribution in [1.29, 1.82) is 5.41 Å². The van der Waals surface area contributed by atoms with E-state index in [2.05, 4.69) is 30.3 Å². The van der Waals surface area contributed by atoms with Crippen molar-refractivity contribution in [3.05, 3.63) is 48.0 Å². The number of rotatable bonds is 7. The molecule has 24 heavy (non-hydrogen) atoms. The Hall–Kier alpha value is -1.81. The van der Waals surface area contributed by atoms with E-state index in [0.29, 0.717) is 30.2 Å². The number of nitrogens with one attached hydrogen (secondary N) is 1. The summed E-state index contributed by atoms with van der Waals surface area (Å²) >= 11 is 1.44. The van der Waals surface area contributed by atoms with E-state index in [-0.39, 0.29) is 5.97 Å². The molecule has 0 fully saturated rings. The van der Waals surface area contributed by atoms with E-state index in [0.717, 1.165) is 6.42 Å². The van der Waals surface area contributed by atoms with Gasteiger partial charge in [-0.2, -0.15) is 0 Å². The minimum atomic E-state index is -0.183. The topological polar surface area (TPSA) is 50.2 Å². The van der Waals surface area contributed by atoms with Gasteiger partial charge < -0.3 is 4.74 Å². The first-order valence-electron chi connectivity index (χ1n) is 8.53. The molecule has 2 rings (SSSR count). The lowest BCUT2D eigenvalue weighted by molar-refractivity contribution is -0.142. The number of carbonyl (C=O) groups is 1. The van der Waals surface area contributed by atoms with E-state index in [1.54, 1.807) is 6.92 Å². The van der Waals surface area contributed by atoms with E-state index >= 15 is 0 Å². The molecule has 0 saturated carbocycles. The monoisotopic (exact) mass is 345 g/mol. The van der Waals surface area contributed by atoms with E-state index in [1.807, 2.05) is 26.0 Å². The maximum absolute atomic E-state index is 11.2. The number of aryl methyl sites for hydroxylation is 1. The van der Waals surface area contributed by atoms with Crippen molar-refractivity contribution >= 4 is 33.5 Å². The van der Waals surface area contributed by atoms with Crippen LogP contribution in [0, 0.1) is 5.41 Å². The first kappa shape index (κ1) is 20.2. The predicted octanol–water partition coefficient (Wildman–Crippen LogP) is 5.46. The molecule has 0 aliphatic heterocycles. The summed E-state index contributed by atoms with van der Waals surface area (Å²) in [6, 6.07) is 14.6. The Morgan fingerprint density at radius 2 is 1.79 bits per heavy atom. The highest BCUT2D eigenvalue weighted by molar-refractivity contribution is 8.13. The summed E-state index contributed by atoms with van der Waals surface area (Å²) in [4.78, 5) is 11.2. The van der Waals surface area contributed by atoms with Crippen LogP contribution >= 0.6 is 11.8 Å². The zero-order valence-corrected chi connectivity index (χ0v) is 15.6. The molecule has 0 heterocycles. The number of hydrogen-bond donors (Lipinski definition) is 1. The first-order valence-corrected chi connectivity index (χ1v) is 9.51. The van der Waals surface area contributed by atoms with Gasteiger partial charge >= 0.3 is 5.97 Å². The summed E-state index contributed by atoms with van der Waals surface area (Å²) < 4.78 is 4.88. The molecular formula is C20H27NO2S. The second-order valence-corrected chi connectivity index (χ2v) is 6.15. The van der Waals surface area contributed by atoms with Gasteiger partial charge in [0.05, 0.1) is 18.1 Å². The van der Waals surface area contributed by atoms with Gasteiger partial charge in [-0.3, -0.25) is 10.2 Å². The normalized spacial score (nSPS) is 9.96. The van der Waals surface area contributed by atoms with Gasteiger partial charge in [0.15, 0.2) is 0 Å². The van der Waals surface area contributed by atoms with E-state index in [9.17, 15) is 4.79 Å². The molecule has 0 amide bonds. The van der Waals surface area contributed by atoms with Crippen LogP contribution in [-0.2, 0) is 16.0 Å². The van der Waals surface area contributed by atoms with Crippen molar-refractivity contribution in [2.75, 3.05) is 12.4 Å². The van der Waals surface area contributed by atoms with Crippen LogP contribution < -0.4 is 0 Å². The summed E-state index contributed by atoms with van der Waals surface area (Å²) in [6.07, 6.45) is 1.93. The van der Waals surface area contributed by atoms with Crippen LogP contribution in [0.1, 0.15) is 39.2 Å². The van der Waals surface area contributed by atoms with Crippen molar-refractivity contribution in [1.82, 2.24) is 0 Å². The van der Waals surface area contributed by atoms with Gasteiger partial charge in [-0.05, 0) is 36.1 Å². The number of esters is 1. The molecule has 2 aromatic carbocycles. The van der Waals surface area contributed by atoms with Crippen LogP contribution in [0.25, 0.3) is 10.8 Å². The Morgan fingerprint density at radius 1 is 1.08 bits per heavy atom. The summed E-state index contributed by atoms with van der Waals surface area (Å²) in [6.45, 7) is 6.22. The number of benzene rings is 2. The summed E-state index contributed by atoms with van der Waals surface area (Å²) in [5, 5.41) is 11.1. The van der Waals surface area contributed by atoms with E-state index in [1.165, 1.54) is 28.1 Å². The lowest BCUT2D eigenvalue weighted by Gasteiger charge is -2.07. The van der Waals surface area contributed by atoms with Gasteiger partial charge in [-0.25, -0.2) is 0 Å². The standard InChI is InChI=1S/C18H21NO2S.C2H6/c1-2-21-18(20)12-13-22-17(19)11-10-15-8-5-7-14-6-3-4-9-16(14)15;1-2/h3-9,19H,2,10-13H2,1H3;1-2H3. The zero-order chi connectivity index (χ0) is 17.8. The van der Waals surface area contributed by atoms with Gasteiger partial charge in [0.1, 0.15) is 0 Å². The largest absolute Gasteiger partial charge is 0.466 e. The van der Waals surface area contributed by atoms with Gasteiger partial charge in [-0.1, -0.05) is 56.3 Å². The fourth-order valence-electron chi connectivity index (χ4n) is 2.32. The highest BCUT2D eigenvalue weighted by atomic mass is 32.2. The number of thioether (sulfide) groups is 1. The lowest BCUT2D eigenvalue weighted by Crippen LogP contribution is -2.06. The molecule has 0 atom stereocenters. The summed E-state index contributed by atoms with van der Waals surface area (Å²) in [5.74, 6) is 0.435. The van der Waals surface area contributed by atoms with Crippen molar-refractivity contribution in [2.24, 2.45) is 0 Å². The van der Waals surface area contributed by atoms with Crippen molar-refractivity contribution in [3.8, 4) is 0 Å². The van der Waals surface area contributed by atoms with Crippen LogP contribution in [0.5, 0.6) is 0 Å². The Labute approximate surface area is 149 Å².